The van der Waals surface area contributed by atoms with Crippen molar-refractivity contribution in [1.29, 1.82) is 0 Å². The average molecular weight is 336 g/mol. The lowest BCUT2D eigenvalue weighted by molar-refractivity contribution is 0.467. The van der Waals surface area contributed by atoms with Gasteiger partial charge < -0.3 is 9.52 Å². The van der Waals surface area contributed by atoms with Crippen molar-refractivity contribution in [2.75, 3.05) is 0 Å². The van der Waals surface area contributed by atoms with Crippen molar-refractivity contribution in [1.82, 2.24) is 4.98 Å². The smallest absolute Gasteiger partial charge is 0.203 e. The van der Waals surface area contributed by atoms with E-state index >= 15 is 0 Å². The van der Waals surface area contributed by atoms with Crippen LogP contribution in [0.4, 0.5) is 0 Å². The number of alkyl halides is 1. The maximum absolute atomic E-state index is 12.9. The summed E-state index contributed by atoms with van der Waals surface area (Å²) in [5.74, 6) is 0.559. The Morgan fingerprint density at radius 2 is 2.18 bits per heavy atom. The van der Waals surface area contributed by atoms with Crippen LogP contribution in [-0.2, 0) is 12.3 Å². The topological polar surface area (TPSA) is 63.3 Å². The number of nitrogens with zero attached hydrogens (tertiary/aromatic N) is 1. The molecule has 0 spiro atoms. The molecule has 0 saturated carbocycles. The van der Waals surface area contributed by atoms with Gasteiger partial charge in [-0.1, -0.05) is 6.92 Å². The Balaban J connectivity index is 2.39. The monoisotopic (exact) mass is 335 g/mol. The number of aromatic nitrogens is 1. The second-order valence-electron chi connectivity index (χ2n) is 4.99. The number of aromatic hydroxyl groups is 1. The highest BCUT2D eigenvalue weighted by Gasteiger charge is 2.19. The first-order valence-electron chi connectivity index (χ1n) is 6.85. The lowest BCUT2D eigenvalue weighted by Gasteiger charge is -2.08. The fourth-order valence-electron chi connectivity index (χ4n) is 2.38. The van der Waals surface area contributed by atoms with Gasteiger partial charge in [0.25, 0.3) is 0 Å². The number of hydrogen-bond donors (Lipinski definition) is 1. The molecule has 2 aromatic heterocycles. The third-order valence-electron chi connectivity index (χ3n) is 3.50. The van der Waals surface area contributed by atoms with Crippen LogP contribution in [-0.4, -0.2) is 10.1 Å². The summed E-state index contributed by atoms with van der Waals surface area (Å²) in [6.45, 7) is 3.79. The lowest BCUT2D eigenvalue weighted by atomic mass is 10.1. The van der Waals surface area contributed by atoms with Gasteiger partial charge in [-0.3, -0.25) is 4.79 Å². The van der Waals surface area contributed by atoms with Gasteiger partial charge in [-0.15, -0.1) is 22.9 Å². The van der Waals surface area contributed by atoms with Gasteiger partial charge in [0.1, 0.15) is 22.1 Å². The van der Waals surface area contributed by atoms with Crippen molar-refractivity contribution in [3.63, 3.8) is 0 Å². The van der Waals surface area contributed by atoms with Crippen LogP contribution in [0.25, 0.3) is 21.5 Å². The molecule has 114 valence electrons. The molecule has 0 aliphatic heterocycles. The van der Waals surface area contributed by atoms with E-state index in [9.17, 15) is 9.90 Å². The standard InChI is InChI=1S/C16H14ClNO3S/c1-3-9-4-10-12(5-11(9)19)21-13(6-17)14(15(10)20)16-18-8(2)7-22-16/h4-5,7,19H,3,6H2,1-2H3. The molecule has 1 N–H and O–H groups in total. The number of phenolic OH excluding ortho intramolecular Hbond substituents is 1. The van der Waals surface area contributed by atoms with E-state index in [1.165, 1.54) is 17.4 Å². The van der Waals surface area contributed by atoms with Crippen molar-refractivity contribution in [3.05, 3.63) is 44.8 Å². The molecule has 0 fully saturated rings. The average Bonchev–Trinajstić information content (AvgIpc) is 2.92. The summed E-state index contributed by atoms with van der Waals surface area (Å²) in [5.41, 5.74) is 2.14. The third-order valence-corrected chi connectivity index (χ3v) is 4.72. The highest BCUT2D eigenvalue weighted by Crippen LogP contribution is 2.31. The number of hydrogen-bond acceptors (Lipinski definition) is 5. The number of benzene rings is 1. The molecule has 3 aromatic rings. The fourth-order valence-corrected chi connectivity index (χ4v) is 3.43. The zero-order valence-corrected chi connectivity index (χ0v) is 13.7. The second kappa shape index (κ2) is 5.74. The quantitative estimate of drug-likeness (QED) is 0.727. The number of phenols is 1. The second-order valence-corrected chi connectivity index (χ2v) is 6.11. The minimum Gasteiger partial charge on any atom is -0.508 e. The molecule has 0 bridgehead atoms. The van der Waals surface area contributed by atoms with Gasteiger partial charge >= 0.3 is 0 Å². The van der Waals surface area contributed by atoms with E-state index in [2.05, 4.69) is 4.98 Å². The molecule has 1 aromatic carbocycles. The van der Waals surface area contributed by atoms with Gasteiger partial charge in [-0.25, -0.2) is 4.98 Å². The zero-order chi connectivity index (χ0) is 15.9. The van der Waals surface area contributed by atoms with E-state index in [1.54, 1.807) is 6.07 Å². The maximum Gasteiger partial charge on any atom is 0.203 e. The van der Waals surface area contributed by atoms with Crippen LogP contribution in [0, 0.1) is 6.92 Å². The van der Waals surface area contributed by atoms with Crippen molar-refractivity contribution in [2.45, 2.75) is 26.1 Å². The van der Waals surface area contributed by atoms with Gasteiger partial charge in [0.2, 0.25) is 5.43 Å². The number of thiazole rings is 1. The van der Waals surface area contributed by atoms with Crippen molar-refractivity contribution in [3.8, 4) is 16.3 Å². The molecule has 0 unspecified atom stereocenters. The first-order valence-corrected chi connectivity index (χ1v) is 8.26. The Bertz CT molecular complexity index is 914. The van der Waals surface area contributed by atoms with Crippen LogP contribution in [0.1, 0.15) is 23.9 Å². The normalized spacial score (nSPS) is 11.2. The molecule has 3 rings (SSSR count). The summed E-state index contributed by atoms with van der Waals surface area (Å²) >= 11 is 7.33. The van der Waals surface area contributed by atoms with E-state index in [0.717, 1.165) is 5.69 Å². The van der Waals surface area contributed by atoms with E-state index < -0.39 is 0 Å². The first-order chi connectivity index (χ1) is 10.5. The van der Waals surface area contributed by atoms with Gasteiger partial charge in [0.05, 0.1) is 16.8 Å². The van der Waals surface area contributed by atoms with Crippen molar-refractivity contribution >= 4 is 33.9 Å². The highest BCUT2D eigenvalue weighted by atomic mass is 35.5. The Kier molecular flexibility index (Phi) is 3.93. The SMILES string of the molecule is CCc1cc2c(=O)c(-c3nc(C)cs3)c(CCl)oc2cc1O. The van der Waals surface area contributed by atoms with E-state index in [1.807, 2.05) is 19.2 Å². The minimum atomic E-state index is -0.166. The van der Waals surface area contributed by atoms with E-state index in [4.69, 9.17) is 16.0 Å². The molecule has 0 saturated heterocycles. The van der Waals surface area contributed by atoms with Gasteiger partial charge in [0.15, 0.2) is 0 Å². The maximum atomic E-state index is 12.9. The molecule has 0 atom stereocenters. The van der Waals surface area contributed by atoms with Crippen molar-refractivity contribution in [2.24, 2.45) is 0 Å². The fraction of sp³-hybridized carbons (Fsp3) is 0.250. The Labute approximate surface area is 136 Å². The Morgan fingerprint density at radius 3 is 2.77 bits per heavy atom. The summed E-state index contributed by atoms with van der Waals surface area (Å²) in [6, 6.07) is 3.15. The molecular weight excluding hydrogens is 322 g/mol. The molecular formula is C16H14ClNO3S. The number of rotatable bonds is 3. The van der Waals surface area contributed by atoms with Crippen LogP contribution >= 0.6 is 22.9 Å². The summed E-state index contributed by atoms with van der Waals surface area (Å²) < 4.78 is 5.74. The molecule has 22 heavy (non-hydrogen) atoms. The number of halogens is 1. The summed E-state index contributed by atoms with van der Waals surface area (Å²) in [7, 11) is 0. The Hall–Kier alpha value is -1.85. The van der Waals surface area contributed by atoms with Crippen LogP contribution < -0.4 is 5.43 Å². The van der Waals surface area contributed by atoms with Gasteiger partial charge in [-0.2, -0.15) is 0 Å². The van der Waals surface area contributed by atoms with Gasteiger partial charge in [-0.05, 0) is 25.0 Å². The number of fused-ring (bicyclic) bond motifs is 1. The predicted octanol–water partition coefficient (Wildman–Crippen LogP) is 4.23. The molecule has 0 aliphatic carbocycles. The third kappa shape index (κ3) is 2.40. The van der Waals surface area contributed by atoms with Gasteiger partial charge in [0, 0.05) is 17.1 Å². The Morgan fingerprint density at radius 1 is 1.41 bits per heavy atom. The minimum absolute atomic E-state index is 0.0649. The molecule has 0 amide bonds. The first kappa shape index (κ1) is 15.1. The molecule has 2 heterocycles. The van der Waals surface area contributed by atoms with E-state index in [-0.39, 0.29) is 17.1 Å². The van der Waals surface area contributed by atoms with Crippen LogP contribution in [0.5, 0.6) is 5.75 Å². The molecule has 6 heteroatoms. The van der Waals surface area contributed by atoms with Crippen LogP contribution in [0.2, 0.25) is 0 Å². The van der Waals surface area contributed by atoms with Crippen molar-refractivity contribution < 1.29 is 9.52 Å². The number of aryl methyl sites for hydroxylation is 2. The largest absolute Gasteiger partial charge is 0.508 e. The summed E-state index contributed by atoms with van der Waals surface area (Å²) in [4.78, 5) is 17.2. The highest BCUT2D eigenvalue weighted by molar-refractivity contribution is 7.13. The summed E-state index contributed by atoms with van der Waals surface area (Å²) in [6.07, 6.45) is 0.629. The van der Waals surface area contributed by atoms with Crippen LogP contribution in [0.15, 0.2) is 26.7 Å². The molecule has 0 aliphatic rings. The van der Waals surface area contributed by atoms with E-state index in [0.29, 0.717) is 39.3 Å². The molecule has 4 nitrogen and oxygen atoms in total. The zero-order valence-electron chi connectivity index (χ0n) is 12.1. The summed E-state index contributed by atoms with van der Waals surface area (Å²) in [5, 5.41) is 12.9. The predicted molar refractivity (Wildman–Crippen MR) is 88.9 cm³/mol. The molecule has 0 radical (unpaired) electrons. The lowest BCUT2D eigenvalue weighted by Crippen LogP contribution is -2.09. The van der Waals surface area contributed by atoms with Crippen LogP contribution in [0.3, 0.4) is 0 Å².